The fourth-order valence-electron chi connectivity index (χ4n) is 4.20. The lowest BCUT2D eigenvalue weighted by molar-refractivity contribution is 0.0979. The largest absolute Gasteiger partial charge is 0.508 e. The van der Waals surface area contributed by atoms with Crippen LogP contribution in [0.25, 0.3) is 10.2 Å². The van der Waals surface area contributed by atoms with Gasteiger partial charge in [-0.15, -0.1) is 11.3 Å². The fourth-order valence-corrected chi connectivity index (χ4v) is 5.36. The molecule has 1 atom stereocenters. The van der Waals surface area contributed by atoms with E-state index in [-0.39, 0.29) is 11.7 Å². The predicted molar refractivity (Wildman–Crippen MR) is 129 cm³/mol. The maximum absolute atomic E-state index is 13.9. The zero-order chi connectivity index (χ0) is 23.1. The van der Waals surface area contributed by atoms with Crippen LogP contribution in [-0.4, -0.2) is 30.2 Å². The summed E-state index contributed by atoms with van der Waals surface area (Å²) in [5.74, 6) is 0.764. The molecule has 1 aliphatic rings. The molecule has 0 saturated carbocycles. The van der Waals surface area contributed by atoms with Crippen molar-refractivity contribution >= 4 is 38.8 Å². The number of phenols is 1. The molecule has 0 aliphatic carbocycles. The molecule has 168 valence electrons. The Morgan fingerprint density at radius 1 is 1.12 bits per heavy atom. The average molecular weight is 462 g/mol. The highest BCUT2D eigenvalue weighted by Crippen LogP contribution is 2.45. The quantitative estimate of drug-likeness (QED) is 0.423. The van der Waals surface area contributed by atoms with Gasteiger partial charge in [0, 0.05) is 23.9 Å². The van der Waals surface area contributed by atoms with Gasteiger partial charge < -0.3 is 19.9 Å². The lowest BCUT2D eigenvalue weighted by Crippen LogP contribution is -2.42. The van der Waals surface area contributed by atoms with Crippen molar-refractivity contribution in [2.75, 3.05) is 24.4 Å². The second kappa shape index (κ2) is 8.38. The molecule has 0 radical (unpaired) electrons. The van der Waals surface area contributed by atoms with Crippen molar-refractivity contribution in [1.29, 1.82) is 0 Å². The molecule has 1 aliphatic heterocycles. The van der Waals surface area contributed by atoms with E-state index < -0.39 is 6.17 Å². The van der Waals surface area contributed by atoms with E-state index in [1.54, 1.807) is 31.3 Å². The van der Waals surface area contributed by atoms with Crippen molar-refractivity contribution in [2.24, 2.45) is 0 Å². The summed E-state index contributed by atoms with van der Waals surface area (Å²) in [5, 5.41) is 14.3. The summed E-state index contributed by atoms with van der Waals surface area (Å²) in [6.07, 6.45) is -0.478. The molecular weight excluding hydrogens is 438 g/mol. The Kier molecular flexibility index (Phi) is 5.39. The summed E-state index contributed by atoms with van der Waals surface area (Å²) in [7, 11) is 3.27. The molecule has 5 rings (SSSR count). The molecule has 33 heavy (non-hydrogen) atoms. The summed E-state index contributed by atoms with van der Waals surface area (Å²) < 4.78 is 10.7. The molecule has 8 heteroatoms. The number of rotatable bonds is 5. The first-order valence-electron chi connectivity index (χ1n) is 10.4. The van der Waals surface area contributed by atoms with Gasteiger partial charge in [0.05, 0.1) is 19.4 Å². The van der Waals surface area contributed by atoms with Crippen LogP contribution >= 0.6 is 11.3 Å². The van der Waals surface area contributed by atoms with Gasteiger partial charge in [0.15, 0.2) is 0 Å². The van der Waals surface area contributed by atoms with Crippen LogP contribution in [0, 0.1) is 6.92 Å². The SMILES string of the molecule is COCc1cc(C)nc2sc3c(c12)N[C@@H](c1ccc(O)cc1)N(c1ccc(OC)cc1)C3=O. The summed E-state index contributed by atoms with van der Waals surface area (Å²) in [6, 6.07) is 16.3. The first-order valence-corrected chi connectivity index (χ1v) is 11.3. The van der Waals surface area contributed by atoms with Gasteiger partial charge in [0.1, 0.15) is 27.4 Å². The number of carbonyl (C=O) groups is 1. The number of aromatic hydroxyl groups is 1. The molecule has 3 heterocycles. The Morgan fingerprint density at radius 2 is 1.85 bits per heavy atom. The third-order valence-corrected chi connectivity index (χ3v) is 6.75. The summed E-state index contributed by atoms with van der Waals surface area (Å²) in [4.78, 5) is 21.7. The molecule has 0 unspecified atom stereocenters. The third-order valence-electron chi connectivity index (χ3n) is 5.68. The van der Waals surface area contributed by atoms with Crippen molar-refractivity contribution in [1.82, 2.24) is 4.98 Å². The van der Waals surface area contributed by atoms with Gasteiger partial charge in [-0.05, 0) is 60.5 Å². The predicted octanol–water partition coefficient (Wildman–Crippen LogP) is 5.24. The van der Waals surface area contributed by atoms with E-state index >= 15 is 0 Å². The smallest absolute Gasteiger partial charge is 0.272 e. The zero-order valence-electron chi connectivity index (χ0n) is 18.5. The van der Waals surface area contributed by atoms with E-state index in [0.29, 0.717) is 17.2 Å². The van der Waals surface area contributed by atoms with Crippen LogP contribution < -0.4 is 15.0 Å². The highest BCUT2D eigenvalue weighted by atomic mass is 32.1. The van der Waals surface area contributed by atoms with Crippen LogP contribution in [0.1, 0.15) is 32.7 Å². The Labute approximate surface area is 195 Å². The molecule has 2 aromatic heterocycles. The number of carbonyl (C=O) groups excluding carboxylic acids is 1. The summed E-state index contributed by atoms with van der Waals surface area (Å²) >= 11 is 1.38. The molecule has 0 saturated heterocycles. The summed E-state index contributed by atoms with van der Waals surface area (Å²) in [5.41, 5.74) is 4.20. The number of thiophene rings is 1. The molecule has 2 aromatic carbocycles. The number of hydrogen-bond donors (Lipinski definition) is 2. The van der Waals surface area contributed by atoms with Crippen LogP contribution in [0.2, 0.25) is 0 Å². The van der Waals surface area contributed by atoms with Gasteiger partial charge in [-0.2, -0.15) is 0 Å². The number of aromatic nitrogens is 1. The maximum atomic E-state index is 13.9. The number of ether oxygens (including phenoxy) is 2. The second-order valence-corrected chi connectivity index (χ2v) is 8.85. The number of phenolic OH excluding ortho intramolecular Hbond substituents is 1. The highest BCUT2D eigenvalue weighted by molar-refractivity contribution is 7.21. The Hall–Kier alpha value is -3.62. The van der Waals surface area contributed by atoms with Gasteiger partial charge >= 0.3 is 0 Å². The van der Waals surface area contributed by atoms with E-state index in [2.05, 4.69) is 5.32 Å². The number of hydrogen-bond acceptors (Lipinski definition) is 7. The molecule has 0 spiro atoms. The van der Waals surface area contributed by atoms with Crippen molar-refractivity contribution in [2.45, 2.75) is 19.7 Å². The number of fused-ring (bicyclic) bond motifs is 3. The molecule has 2 N–H and O–H groups in total. The molecular formula is C25H23N3O4S. The molecule has 7 nitrogen and oxygen atoms in total. The monoisotopic (exact) mass is 461 g/mol. The average Bonchev–Trinajstić information content (AvgIpc) is 3.18. The van der Waals surface area contributed by atoms with E-state index in [9.17, 15) is 9.90 Å². The topological polar surface area (TPSA) is 83.9 Å². The Balaban J connectivity index is 1.71. The number of amides is 1. The van der Waals surface area contributed by atoms with Crippen molar-refractivity contribution in [3.05, 3.63) is 76.3 Å². The maximum Gasteiger partial charge on any atom is 0.272 e. The van der Waals surface area contributed by atoms with E-state index in [1.165, 1.54) is 11.3 Å². The molecule has 1 amide bonds. The van der Waals surface area contributed by atoms with Crippen molar-refractivity contribution in [3.63, 3.8) is 0 Å². The zero-order valence-corrected chi connectivity index (χ0v) is 19.3. The van der Waals surface area contributed by atoms with E-state index in [1.807, 2.05) is 49.4 Å². The van der Waals surface area contributed by atoms with Crippen LogP contribution in [0.4, 0.5) is 11.4 Å². The molecule has 4 aromatic rings. The van der Waals surface area contributed by atoms with Crippen LogP contribution in [0.15, 0.2) is 54.6 Å². The second-order valence-electron chi connectivity index (χ2n) is 7.85. The highest BCUT2D eigenvalue weighted by Gasteiger charge is 2.37. The lowest BCUT2D eigenvalue weighted by Gasteiger charge is -2.37. The van der Waals surface area contributed by atoms with Crippen LogP contribution in [0.3, 0.4) is 0 Å². The van der Waals surface area contributed by atoms with Gasteiger partial charge in [0.2, 0.25) is 0 Å². The number of nitrogens with one attached hydrogen (secondary N) is 1. The number of aryl methyl sites for hydroxylation is 1. The Morgan fingerprint density at radius 3 is 2.52 bits per heavy atom. The standard InChI is InChI=1S/C25H23N3O4S/c1-14-12-16(13-31-2)20-21-22(33-24(20)26-14)25(30)28(17-6-10-19(32-3)11-7-17)23(27-21)15-4-8-18(29)9-5-15/h4-12,23,27,29H,13H2,1-3H3/t23-/m1/s1. The number of pyridine rings is 1. The third kappa shape index (κ3) is 3.67. The van der Waals surface area contributed by atoms with E-state index in [0.717, 1.165) is 38.4 Å². The van der Waals surface area contributed by atoms with Crippen molar-refractivity contribution in [3.8, 4) is 11.5 Å². The normalized spacial score (nSPS) is 15.4. The lowest BCUT2D eigenvalue weighted by atomic mass is 10.0. The molecule has 0 fully saturated rings. The van der Waals surface area contributed by atoms with Crippen LogP contribution in [-0.2, 0) is 11.3 Å². The van der Waals surface area contributed by atoms with Gasteiger partial charge in [-0.3, -0.25) is 9.69 Å². The van der Waals surface area contributed by atoms with Crippen molar-refractivity contribution < 1.29 is 19.4 Å². The molecule has 0 bridgehead atoms. The number of nitrogens with zero attached hydrogens (tertiary/aromatic N) is 2. The van der Waals surface area contributed by atoms with Gasteiger partial charge in [-0.25, -0.2) is 4.98 Å². The van der Waals surface area contributed by atoms with Gasteiger partial charge in [-0.1, -0.05) is 12.1 Å². The fraction of sp³-hybridized carbons (Fsp3) is 0.200. The van der Waals surface area contributed by atoms with E-state index in [4.69, 9.17) is 14.5 Å². The first kappa shape index (κ1) is 21.2. The summed E-state index contributed by atoms with van der Waals surface area (Å²) in [6.45, 7) is 2.36. The number of benzene rings is 2. The van der Waals surface area contributed by atoms with Gasteiger partial charge in [0.25, 0.3) is 5.91 Å². The minimum Gasteiger partial charge on any atom is -0.508 e. The first-order chi connectivity index (χ1) is 16.0. The van der Waals surface area contributed by atoms with Crippen LogP contribution in [0.5, 0.6) is 11.5 Å². The number of methoxy groups -OCH3 is 2. The number of anilines is 2. The Bertz CT molecular complexity index is 1330. The minimum absolute atomic E-state index is 0.115. The minimum atomic E-state index is -0.478.